The van der Waals surface area contributed by atoms with Gasteiger partial charge in [0.1, 0.15) is 0 Å². The van der Waals surface area contributed by atoms with Crippen LogP contribution in [-0.4, -0.2) is 16.4 Å². The highest BCUT2D eigenvalue weighted by Crippen LogP contribution is 2.46. The lowest BCUT2D eigenvalue weighted by Gasteiger charge is -2.23. The number of para-hydroxylation sites is 1. The molecule has 0 fully saturated rings. The smallest absolute Gasteiger partial charge is 0.268 e. The van der Waals surface area contributed by atoms with E-state index >= 15 is 4.79 Å². The number of imide groups is 1. The van der Waals surface area contributed by atoms with E-state index in [0.29, 0.717) is 22.5 Å². The van der Waals surface area contributed by atoms with Gasteiger partial charge in [-0.15, -0.1) is 0 Å². The SMILES string of the molecule is Cc1cc(C)c(-c2ccc3c(c2)c2cc(-c4c(C)cc(C)cc4C)ccc2n3-c2cccc3c2C(=O)N(c2c(-c4ccccc4)cccc2-c2ccccc2)C3=O)c(C)c1. The van der Waals surface area contributed by atoms with Crippen LogP contribution in [0.25, 0.3) is 72.0 Å². The summed E-state index contributed by atoms with van der Waals surface area (Å²) in [6, 6.07) is 54.0. The first-order chi connectivity index (χ1) is 29.1. The van der Waals surface area contributed by atoms with Crippen molar-refractivity contribution in [2.75, 3.05) is 4.90 Å². The van der Waals surface area contributed by atoms with Crippen molar-refractivity contribution < 1.29 is 9.59 Å². The molecule has 0 saturated carbocycles. The number of nitrogens with zero attached hydrogens (tertiary/aromatic N) is 2. The fourth-order valence-corrected chi connectivity index (χ4v) is 10.0. The zero-order valence-corrected chi connectivity index (χ0v) is 34.7. The van der Waals surface area contributed by atoms with Crippen molar-refractivity contribution in [1.29, 1.82) is 0 Å². The number of aromatic nitrogens is 1. The van der Waals surface area contributed by atoms with Gasteiger partial charge in [0.05, 0.1) is 33.5 Å². The Bertz CT molecular complexity index is 3030. The van der Waals surface area contributed by atoms with Crippen LogP contribution in [0.4, 0.5) is 5.69 Å². The van der Waals surface area contributed by atoms with Gasteiger partial charge in [0, 0.05) is 21.9 Å². The molecule has 1 aliphatic heterocycles. The molecule has 1 aliphatic rings. The Labute approximate surface area is 351 Å². The van der Waals surface area contributed by atoms with Crippen LogP contribution < -0.4 is 4.90 Å². The van der Waals surface area contributed by atoms with Crippen LogP contribution in [0.2, 0.25) is 0 Å². The molecule has 0 bridgehead atoms. The predicted octanol–water partition coefficient (Wildman–Crippen LogP) is 14.1. The van der Waals surface area contributed by atoms with Crippen LogP contribution in [-0.2, 0) is 0 Å². The van der Waals surface area contributed by atoms with Crippen LogP contribution in [0, 0.1) is 41.5 Å². The lowest BCUT2D eigenvalue weighted by molar-refractivity contribution is 0.0926. The van der Waals surface area contributed by atoms with Gasteiger partial charge < -0.3 is 4.57 Å². The van der Waals surface area contributed by atoms with Crippen LogP contribution in [0.15, 0.2) is 158 Å². The molecular weight excluding hydrogens is 733 g/mol. The van der Waals surface area contributed by atoms with Gasteiger partial charge in [0.25, 0.3) is 11.8 Å². The summed E-state index contributed by atoms with van der Waals surface area (Å²) in [7, 11) is 0. The highest BCUT2D eigenvalue weighted by Gasteiger charge is 2.41. The minimum atomic E-state index is -0.341. The molecule has 0 saturated heterocycles. The van der Waals surface area contributed by atoms with Crippen molar-refractivity contribution in [2.45, 2.75) is 41.5 Å². The van der Waals surface area contributed by atoms with E-state index in [4.69, 9.17) is 0 Å². The number of benzene rings is 8. The Morgan fingerprint density at radius 1 is 0.367 bits per heavy atom. The zero-order valence-electron chi connectivity index (χ0n) is 34.7. The van der Waals surface area contributed by atoms with E-state index in [9.17, 15) is 4.79 Å². The van der Waals surface area contributed by atoms with E-state index in [-0.39, 0.29) is 11.8 Å². The lowest BCUT2D eigenvalue weighted by atomic mass is 9.91. The van der Waals surface area contributed by atoms with Crippen molar-refractivity contribution in [3.8, 4) is 50.2 Å². The molecule has 2 heterocycles. The summed E-state index contributed by atoms with van der Waals surface area (Å²) < 4.78 is 2.19. The highest BCUT2D eigenvalue weighted by atomic mass is 16.2. The average Bonchev–Trinajstić information content (AvgIpc) is 3.69. The summed E-state index contributed by atoms with van der Waals surface area (Å²) in [5.41, 5.74) is 19.6. The molecule has 60 heavy (non-hydrogen) atoms. The largest absolute Gasteiger partial charge is 0.308 e. The van der Waals surface area contributed by atoms with Gasteiger partial charge in [-0.25, -0.2) is 4.90 Å². The number of hydrogen-bond donors (Lipinski definition) is 0. The third kappa shape index (κ3) is 5.82. The summed E-state index contributed by atoms with van der Waals surface area (Å²) in [6.45, 7) is 13.0. The number of rotatable bonds is 6. The van der Waals surface area contributed by atoms with Crippen molar-refractivity contribution in [3.63, 3.8) is 0 Å². The average molecular weight is 777 g/mol. The standard InChI is InChI=1S/C56H44N2O2/c1-33-27-35(3)51(36(4)28-33)41-23-25-48-46(31-41)47-32-42(52-37(5)29-34(2)30-38(52)6)24-26-49(47)57(48)50-22-14-21-45-53(50)56(60)58(55(45)59)54-43(39-15-9-7-10-16-39)19-13-20-44(54)40-17-11-8-12-18-40/h7-32H,1-6H3. The Morgan fingerprint density at radius 3 is 1.27 bits per heavy atom. The maximum atomic E-state index is 15.3. The molecule has 0 spiro atoms. The number of carbonyl (C=O) groups excluding carboxylic acids is 2. The molecule has 0 N–H and O–H groups in total. The molecule has 0 atom stereocenters. The molecule has 9 aromatic rings. The van der Waals surface area contributed by atoms with E-state index in [1.807, 2.05) is 91.0 Å². The van der Waals surface area contributed by atoms with Crippen LogP contribution >= 0.6 is 0 Å². The minimum absolute atomic E-state index is 0.335. The van der Waals surface area contributed by atoms with Crippen molar-refractivity contribution >= 4 is 39.3 Å². The monoisotopic (exact) mass is 776 g/mol. The molecule has 4 nitrogen and oxygen atoms in total. The number of fused-ring (bicyclic) bond motifs is 4. The van der Waals surface area contributed by atoms with E-state index in [1.54, 1.807) is 6.07 Å². The van der Waals surface area contributed by atoms with Gasteiger partial charge in [-0.1, -0.05) is 132 Å². The summed E-state index contributed by atoms with van der Waals surface area (Å²) in [5.74, 6) is -0.676. The van der Waals surface area contributed by atoms with E-state index in [0.717, 1.165) is 55.2 Å². The van der Waals surface area contributed by atoms with Gasteiger partial charge in [-0.3, -0.25) is 9.59 Å². The molecule has 2 amide bonds. The minimum Gasteiger partial charge on any atom is -0.308 e. The predicted molar refractivity (Wildman–Crippen MR) is 249 cm³/mol. The summed E-state index contributed by atoms with van der Waals surface area (Å²) in [4.78, 5) is 31.6. The Balaban J connectivity index is 1.22. The summed E-state index contributed by atoms with van der Waals surface area (Å²) in [5, 5.41) is 2.16. The maximum absolute atomic E-state index is 15.3. The topological polar surface area (TPSA) is 42.3 Å². The number of anilines is 1. The highest BCUT2D eigenvalue weighted by molar-refractivity contribution is 6.37. The second-order valence-corrected chi connectivity index (χ2v) is 16.4. The molecule has 1 aromatic heterocycles. The summed E-state index contributed by atoms with van der Waals surface area (Å²) >= 11 is 0. The first-order valence-corrected chi connectivity index (χ1v) is 20.6. The fourth-order valence-electron chi connectivity index (χ4n) is 10.0. The van der Waals surface area contributed by atoms with E-state index in [2.05, 4.69) is 107 Å². The van der Waals surface area contributed by atoms with Gasteiger partial charge in [0.15, 0.2) is 0 Å². The molecule has 0 unspecified atom stereocenters. The fraction of sp³-hybridized carbons (Fsp3) is 0.107. The van der Waals surface area contributed by atoms with Crippen LogP contribution in [0.3, 0.4) is 0 Å². The molecule has 10 rings (SSSR count). The third-order valence-corrected chi connectivity index (χ3v) is 12.3. The van der Waals surface area contributed by atoms with Crippen molar-refractivity contribution in [3.05, 3.63) is 202 Å². The number of aryl methyl sites for hydroxylation is 6. The molecule has 0 radical (unpaired) electrons. The number of hydrogen-bond acceptors (Lipinski definition) is 2. The quantitative estimate of drug-likeness (QED) is 0.158. The van der Waals surface area contributed by atoms with E-state index in [1.165, 1.54) is 49.4 Å². The molecule has 8 aromatic carbocycles. The second kappa shape index (κ2) is 14.2. The van der Waals surface area contributed by atoms with Gasteiger partial charge in [-0.05, 0) is 134 Å². The summed E-state index contributed by atoms with van der Waals surface area (Å²) in [6.07, 6.45) is 0. The molecular formula is C56H44N2O2. The second-order valence-electron chi connectivity index (χ2n) is 16.4. The first kappa shape index (κ1) is 37.0. The van der Waals surface area contributed by atoms with Gasteiger partial charge in [0.2, 0.25) is 0 Å². The maximum Gasteiger partial charge on any atom is 0.268 e. The number of carbonyl (C=O) groups is 2. The Kier molecular flexibility index (Phi) is 8.76. The third-order valence-electron chi connectivity index (χ3n) is 12.3. The molecule has 0 aliphatic carbocycles. The van der Waals surface area contributed by atoms with Crippen molar-refractivity contribution in [1.82, 2.24) is 4.57 Å². The zero-order chi connectivity index (χ0) is 41.4. The van der Waals surface area contributed by atoms with E-state index < -0.39 is 0 Å². The van der Waals surface area contributed by atoms with Crippen molar-refractivity contribution in [2.24, 2.45) is 0 Å². The number of amides is 2. The van der Waals surface area contributed by atoms with Crippen LogP contribution in [0.5, 0.6) is 0 Å². The molecule has 4 heteroatoms. The molecule has 290 valence electrons. The van der Waals surface area contributed by atoms with Gasteiger partial charge in [-0.2, -0.15) is 0 Å². The van der Waals surface area contributed by atoms with Gasteiger partial charge >= 0.3 is 0 Å². The van der Waals surface area contributed by atoms with Crippen LogP contribution in [0.1, 0.15) is 54.1 Å². The Hall–Kier alpha value is -7.30. The lowest BCUT2D eigenvalue weighted by Crippen LogP contribution is -2.30. The Morgan fingerprint density at radius 2 is 0.800 bits per heavy atom. The normalized spacial score (nSPS) is 12.5. The first-order valence-electron chi connectivity index (χ1n) is 20.6.